The van der Waals surface area contributed by atoms with Gasteiger partial charge in [-0.2, -0.15) is 0 Å². The predicted molar refractivity (Wildman–Crippen MR) is 77.9 cm³/mol. The topological polar surface area (TPSA) is 85.1 Å². The van der Waals surface area contributed by atoms with Gasteiger partial charge in [-0.1, -0.05) is 15.9 Å². The van der Waals surface area contributed by atoms with Crippen molar-refractivity contribution in [2.24, 2.45) is 5.84 Å². The van der Waals surface area contributed by atoms with Gasteiger partial charge in [0.15, 0.2) is 5.82 Å². The number of nitrogens with two attached hydrogens (primary N) is 1. The largest absolute Gasteiger partial charge is 0.377 e. The molecule has 0 aliphatic heterocycles. The summed E-state index contributed by atoms with van der Waals surface area (Å²) >= 11 is 3.29. The third kappa shape index (κ3) is 3.62. The van der Waals surface area contributed by atoms with E-state index in [4.69, 9.17) is 10.6 Å². The molecule has 6 nitrogen and oxygen atoms in total. The second kappa shape index (κ2) is 6.60. The number of ether oxygens (including phenoxy) is 1. The van der Waals surface area contributed by atoms with E-state index in [1.54, 1.807) is 18.2 Å². The molecule has 1 aromatic heterocycles. The fourth-order valence-electron chi connectivity index (χ4n) is 1.56. The maximum atomic E-state index is 13.7. The molecule has 0 bridgehead atoms. The summed E-state index contributed by atoms with van der Waals surface area (Å²) in [5.41, 5.74) is 2.72. The van der Waals surface area contributed by atoms with Crippen LogP contribution in [0.4, 0.5) is 21.7 Å². The molecule has 8 heteroatoms. The molecule has 0 aliphatic carbocycles. The summed E-state index contributed by atoms with van der Waals surface area (Å²) in [5.74, 6) is 6.21. The molecule has 2 rings (SSSR count). The van der Waals surface area contributed by atoms with E-state index in [1.165, 1.54) is 13.2 Å². The van der Waals surface area contributed by atoms with Crippen LogP contribution in [0.3, 0.4) is 0 Å². The lowest BCUT2D eigenvalue weighted by Crippen LogP contribution is -2.12. The number of rotatable bonds is 5. The lowest BCUT2D eigenvalue weighted by atomic mass is 10.3. The number of hydrogen-bond donors (Lipinski definition) is 3. The average molecular weight is 342 g/mol. The van der Waals surface area contributed by atoms with Crippen LogP contribution in [-0.4, -0.2) is 17.1 Å². The predicted octanol–water partition coefficient (Wildman–Crippen LogP) is 2.55. The highest BCUT2D eigenvalue weighted by molar-refractivity contribution is 9.10. The van der Waals surface area contributed by atoms with Crippen molar-refractivity contribution in [3.05, 3.63) is 40.4 Å². The Morgan fingerprint density at radius 2 is 2.05 bits per heavy atom. The van der Waals surface area contributed by atoms with Gasteiger partial charge in [-0.3, -0.25) is 0 Å². The Kier molecular flexibility index (Phi) is 4.83. The maximum Gasteiger partial charge on any atom is 0.158 e. The van der Waals surface area contributed by atoms with Crippen LogP contribution < -0.4 is 16.6 Å². The van der Waals surface area contributed by atoms with Gasteiger partial charge in [0, 0.05) is 17.6 Å². The fraction of sp³-hybridized carbons (Fsp3) is 0.167. The monoisotopic (exact) mass is 341 g/mol. The molecule has 4 N–H and O–H groups in total. The molecule has 2 aromatic rings. The molecule has 0 unspecified atom stereocenters. The van der Waals surface area contributed by atoms with E-state index in [1.807, 2.05) is 0 Å². The summed E-state index contributed by atoms with van der Waals surface area (Å²) in [6.07, 6.45) is 0. The van der Waals surface area contributed by atoms with Crippen molar-refractivity contribution in [3.63, 3.8) is 0 Å². The van der Waals surface area contributed by atoms with Gasteiger partial charge in [-0.15, -0.1) is 0 Å². The number of nitrogens with zero attached hydrogens (tertiary/aromatic N) is 2. The lowest BCUT2D eigenvalue weighted by Gasteiger charge is -2.10. The van der Waals surface area contributed by atoms with Gasteiger partial charge in [0.1, 0.15) is 24.1 Å². The minimum absolute atomic E-state index is 0.227. The molecule has 0 fully saturated rings. The van der Waals surface area contributed by atoms with Crippen molar-refractivity contribution in [3.8, 4) is 0 Å². The number of hydrazine groups is 1. The van der Waals surface area contributed by atoms with Crippen LogP contribution in [0.1, 0.15) is 5.82 Å². The molecule has 0 aliphatic rings. The van der Waals surface area contributed by atoms with Crippen molar-refractivity contribution in [1.82, 2.24) is 9.97 Å². The van der Waals surface area contributed by atoms with Gasteiger partial charge < -0.3 is 15.5 Å². The Hall–Kier alpha value is -1.77. The normalized spacial score (nSPS) is 10.4. The van der Waals surface area contributed by atoms with E-state index in [0.717, 1.165) is 4.47 Å². The van der Waals surface area contributed by atoms with Crippen molar-refractivity contribution < 1.29 is 9.13 Å². The van der Waals surface area contributed by atoms with Crippen LogP contribution in [0.2, 0.25) is 0 Å². The van der Waals surface area contributed by atoms with E-state index < -0.39 is 0 Å². The molecule has 20 heavy (non-hydrogen) atoms. The Balaban J connectivity index is 2.32. The van der Waals surface area contributed by atoms with Crippen LogP contribution in [0.5, 0.6) is 0 Å². The van der Waals surface area contributed by atoms with Gasteiger partial charge in [0.05, 0.1) is 5.69 Å². The highest BCUT2D eigenvalue weighted by Gasteiger charge is 2.07. The molecular weight excluding hydrogens is 329 g/mol. The molecule has 0 saturated heterocycles. The number of aromatic nitrogens is 2. The zero-order chi connectivity index (χ0) is 14.5. The van der Waals surface area contributed by atoms with Gasteiger partial charge in [-0.25, -0.2) is 20.2 Å². The van der Waals surface area contributed by atoms with Crippen molar-refractivity contribution in [1.29, 1.82) is 0 Å². The Morgan fingerprint density at radius 1 is 1.30 bits per heavy atom. The molecule has 106 valence electrons. The summed E-state index contributed by atoms with van der Waals surface area (Å²) in [4.78, 5) is 8.32. The first-order valence-electron chi connectivity index (χ1n) is 5.68. The summed E-state index contributed by atoms with van der Waals surface area (Å²) in [6.45, 7) is 0.227. The molecular formula is C12H13BrFN5O. The van der Waals surface area contributed by atoms with Gasteiger partial charge in [0.2, 0.25) is 0 Å². The van der Waals surface area contributed by atoms with E-state index in [9.17, 15) is 4.39 Å². The molecule has 0 amide bonds. The minimum Gasteiger partial charge on any atom is -0.377 e. The lowest BCUT2D eigenvalue weighted by molar-refractivity contribution is 0.178. The van der Waals surface area contributed by atoms with Gasteiger partial charge in [0.25, 0.3) is 0 Å². The van der Waals surface area contributed by atoms with Crippen LogP contribution in [0.25, 0.3) is 0 Å². The molecule has 0 spiro atoms. The van der Waals surface area contributed by atoms with Crippen molar-refractivity contribution in [2.45, 2.75) is 6.61 Å². The Morgan fingerprint density at radius 3 is 2.75 bits per heavy atom. The first-order valence-corrected chi connectivity index (χ1v) is 6.47. The van der Waals surface area contributed by atoms with Crippen molar-refractivity contribution >= 4 is 33.3 Å². The van der Waals surface area contributed by atoms with Crippen LogP contribution in [0, 0.1) is 5.82 Å². The minimum atomic E-state index is -0.387. The third-order valence-electron chi connectivity index (χ3n) is 2.38. The van der Waals surface area contributed by atoms with Crippen LogP contribution in [0.15, 0.2) is 28.7 Å². The number of methoxy groups -OCH3 is 1. The van der Waals surface area contributed by atoms with Crippen LogP contribution >= 0.6 is 15.9 Å². The summed E-state index contributed by atoms with van der Waals surface area (Å²) < 4.78 is 19.4. The highest BCUT2D eigenvalue weighted by atomic mass is 79.9. The maximum absolute atomic E-state index is 13.7. The third-order valence-corrected chi connectivity index (χ3v) is 2.88. The van der Waals surface area contributed by atoms with E-state index in [0.29, 0.717) is 23.1 Å². The first-order chi connectivity index (χ1) is 9.62. The first kappa shape index (κ1) is 14.6. The van der Waals surface area contributed by atoms with Gasteiger partial charge in [-0.05, 0) is 18.2 Å². The second-order valence-corrected chi connectivity index (χ2v) is 4.80. The molecule has 1 aromatic carbocycles. The Labute approximate surface area is 123 Å². The average Bonchev–Trinajstić information content (AvgIpc) is 2.43. The van der Waals surface area contributed by atoms with Crippen LogP contribution in [-0.2, 0) is 11.3 Å². The number of anilines is 3. The standard InChI is InChI=1S/C12H13BrFN5O/c1-20-6-12-17-10(5-11(18-12)19-15)16-9-4-7(13)2-3-8(9)14/h2-5H,6,15H2,1H3,(H2,16,17,18,19). The second-order valence-electron chi connectivity index (χ2n) is 3.88. The van der Waals surface area contributed by atoms with E-state index in [2.05, 4.69) is 36.6 Å². The Bertz CT molecular complexity index is 610. The molecule has 0 atom stereocenters. The van der Waals surface area contributed by atoms with E-state index >= 15 is 0 Å². The number of nitrogens with one attached hydrogen (secondary N) is 2. The summed E-state index contributed by atoms with van der Waals surface area (Å²) in [6, 6.07) is 6.15. The smallest absolute Gasteiger partial charge is 0.158 e. The van der Waals surface area contributed by atoms with Crippen molar-refractivity contribution in [2.75, 3.05) is 17.9 Å². The molecule has 0 radical (unpaired) electrons. The number of hydrogen-bond acceptors (Lipinski definition) is 6. The van der Waals surface area contributed by atoms with Gasteiger partial charge >= 0.3 is 0 Å². The number of halogens is 2. The number of nitrogen functional groups attached to an aromatic ring is 1. The zero-order valence-corrected chi connectivity index (χ0v) is 12.2. The van der Waals surface area contributed by atoms with E-state index in [-0.39, 0.29) is 12.4 Å². The highest BCUT2D eigenvalue weighted by Crippen LogP contribution is 2.24. The summed E-state index contributed by atoms with van der Waals surface area (Å²) in [7, 11) is 1.53. The summed E-state index contributed by atoms with van der Waals surface area (Å²) in [5, 5.41) is 2.88. The SMILES string of the molecule is COCc1nc(NN)cc(Nc2cc(Br)ccc2F)n1. The molecule has 1 heterocycles. The quantitative estimate of drug-likeness (QED) is 0.572. The fourth-order valence-corrected chi connectivity index (χ4v) is 1.92. The molecule has 0 saturated carbocycles. The zero-order valence-electron chi connectivity index (χ0n) is 10.7. The number of benzene rings is 1.